The number of pyridine rings is 1. The third-order valence-electron chi connectivity index (χ3n) is 2.76. The minimum atomic E-state index is -4.36. The average molecular weight is 337 g/mol. The van der Waals surface area contributed by atoms with Crippen LogP contribution in [-0.2, 0) is 13.1 Å². The number of H-pyrrole nitrogens is 1. The van der Waals surface area contributed by atoms with Crippen molar-refractivity contribution >= 4 is 12.4 Å². The monoisotopic (exact) mass is 336 g/mol. The van der Waals surface area contributed by atoms with Crippen LogP contribution in [0, 0.1) is 6.92 Å². The molecule has 2 N–H and O–H groups in total. The van der Waals surface area contributed by atoms with Gasteiger partial charge >= 0.3 is 6.18 Å². The molecule has 0 saturated carbocycles. The van der Waals surface area contributed by atoms with Gasteiger partial charge in [0, 0.05) is 36.6 Å². The van der Waals surface area contributed by atoms with E-state index >= 15 is 0 Å². The highest BCUT2D eigenvalue weighted by atomic mass is 35.5. The van der Waals surface area contributed by atoms with Gasteiger partial charge in [0.25, 0.3) is 0 Å². The van der Waals surface area contributed by atoms with Gasteiger partial charge in [0.15, 0.2) is 6.61 Å². The molecular weight excluding hydrogens is 321 g/mol. The Hall–Kier alpha value is -1.80. The number of hydrogen-bond acceptors (Lipinski definition) is 4. The minimum absolute atomic E-state index is 0. The maximum absolute atomic E-state index is 12.0. The first-order valence-electron chi connectivity index (χ1n) is 6.28. The van der Waals surface area contributed by atoms with Gasteiger partial charge < -0.3 is 10.1 Å². The number of rotatable bonds is 6. The number of aromatic nitrogens is 3. The highest BCUT2D eigenvalue weighted by molar-refractivity contribution is 5.85. The number of nitrogens with one attached hydrogen (secondary N) is 2. The topological polar surface area (TPSA) is 62.8 Å². The molecule has 2 rings (SSSR count). The van der Waals surface area contributed by atoms with Gasteiger partial charge in [-0.1, -0.05) is 6.07 Å². The number of alkyl halides is 3. The lowest BCUT2D eigenvalue weighted by molar-refractivity contribution is -0.154. The summed E-state index contributed by atoms with van der Waals surface area (Å²) in [6.07, 6.45) is -1.13. The van der Waals surface area contributed by atoms with E-state index in [9.17, 15) is 13.2 Å². The molecule has 9 heteroatoms. The van der Waals surface area contributed by atoms with Gasteiger partial charge in [-0.15, -0.1) is 12.4 Å². The molecule has 2 aromatic heterocycles. The summed E-state index contributed by atoms with van der Waals surface area (Å²) in [5.74, 6) is -0.0400. The zero-order valence-corrected chi connectivity index (χ0v) is 12.6. The van der Waals surface area contributed by atoms with Gasteiger partial charge in [-0.2, -0.15) is 18.3 Å². The average Bonchev–Trinajstić information content (AvgIpc) is 2.83. The van der Waals surface area contributed by atoms with Crippen LogP contribution in [0.1, 0.15) is 16.8 Å². The SMILES string of the molecule is Cc1[nH]ncc1CNCc1ccc(OCC(F)(F)F)nc1.Cl. The Kier molecular flexibility index (Phi) is 6.63. The van der Waals surface area contributed by atoms with Crippen LogP contribution >= 0.6 is 12.4 Å². The van der Waals surface area contributed by atoms with Crippen molar-refractivity contribution in [3.8, 4) is 5.88 Å². The summed E-state index contributed by atoms with van der Waals surface area (Å²) in [7, 11) is 0. The molecule has 0 fully saturated rings. The van der Waals surface area contributed by atoms with Crippen molar-refractivity contribution in [2.45, 2.75) is 26.2 Å². The van der Waals surface area contributed by atoms with E-state index in [1.54, 1.807) is 12.3 Å². The van der Waals surface area contributed by atoms with Crippen molar-refractivity contribution in [2.24, 2.45) is 0 Å². The zero-order valence-electron chi connectivity index (χ0n) is 11.8. The Morgan fingerprint density at radius 2 is 2.00 bits per heavy atom. The number of nitrogens with zero attached hydrogens (tertiary/aromatic N) is 2. The fourth-order valence-electron chi connectivity index (χ4n) is 1.65. The maximum atomic E-state index is 12.0. The molecule has 22 heavy (non-hydrogen) atoms. The molecule has 0 aliphatic carbocycles. The summed E-state index contributed by atoms with van der Waals surface area (Å²) in [6, 6.07) is 3.10. The number of hydrogen-bond donors (Lipinski definition) is 2. The Labute approximate surface area is 131 Å². The van der Waals surface area contributed by atoms with Gasteiger partial charge in [0.1, 0.15) is 0 Å². The van der Waals surface area contributed by atoms with Crippen molar-refractivity contribution in [1.29, 1.82) is 0 Å². The van der Waals surface area contributed by atoms with Gasteiger partial charge in [-0.05, 0) is 12.5 Å². The fourth-order valence-corrected chi connectivity index (χ4v) is 1.65. The quantitative estimate of drug-likeness (QED) is 0.851. The summed E-state index contributed by atoms with van der Waals surface area (Å²) in [5.41, 5.74) is 2.92. The summed E-state index contributed by atoms with van der Waals surface area (Å²) < 4.78 is 40.5. The molecule has 0 bridgehead atoms. The van der Waals surface area contributed by atoms with Crippen LogP contribution in [0.25, 0.3) is 0 Å². The summed E-state index contributed by atoms with van der Waals surface area (Å²) in [4.78, 5) is 3.83. The zero-order chi connectivity index (χ0) is 15.3. The number of halogens is 4. The third-order valence-corrected chi connectivity index (χ3v) is 2.76. The Balaban J connectivity index is 0.00000242. The van der Waals surface area contributed by atoms with Crippen LogP contribution in [0.4, 0.5) is 13.2 Å². The van der Waals surface area contributed by atoms with Crippen molar-refractivity contribution < 1.29 is 17.9 Å². The predicted molar refractivity (Wildman–Crippen MR) is 76.9 cm³/mol. The Morgan fingerprint density at radius 3 is 2.55 bits per heavy atom. The standard InChI is InChI=1S/C13H15F3N4O.ClH/c1-9-11(7-19-20-9)6-17-4-10-2-3-12(18-5-10)21-8-13(14,15)16;/h2-3,5,7,17H,4,6,8H2,1H3,(H,19,20);1H. The second-order valence-corrected chi connectivity index (χ2v) is 4.53. The number of aromatic amines is 1. The lowest BCUT2D eigenvalue weighted by atomic mass is 10.2. The molecule has 0 aliphatic rings. The van der Waals surface area contributed by atoms with Crippen LogP contribution in [0.15, 0.2) is 24.5 Å². The molecule has 5 nitrogen and oxygen atoms in total. The van der Waals surface area contributed by atoms with E-state index in [0.717, 1.165) is 16.8 Å². The van der Waals surface area contributed by atoms with E-state index in [1.807, 2.05) is 6.92 Å². The third kappa shape index (κ3) is 5.90. The molecule has 0 atom stereocenters. The first-order valence-corrected chi connectivity index (χ1v) is 6.28. The smallest absolute Gasteiger partial charge is 0.422 e. The van der Waals surface area contributed by atoms with Gasteiger partial charge in [-0.3, -0.25) is 5.10 Å². The first-order chi connectivity index (χ1) is 9.94. The van der Waals surface area contributed by atoms with E-state index in [1.165, 1.54) is 12.3 Å². The summed E-state index contributed by atoms with van der Waals surface area (Å²) >= 11 is 0. The number of aryl methyl sites for hydroxylation is 1. The molecule has 0 spiro atoms. The molecule has 0 amide bonds. The van der Waals surface area contributed by atoms with Crippen molar-refractivity contribution in [3.05, 3.63) is 41.3 Å². The highest BCUT2D eigenvalue weighted by Gasteiger charge is 2.28. The predicted octanol–water partition coefficient (Wildman–Crippen LogP) is 2.77. The van der Waals surface area contributed by atoms with E-state index in [-0.39, 0.29) is 18.3 Å². The lowest BCUT2D eigenvalue weighted by Gasteiger charge is -2.09. The minimum Gasteiger partial charge on any atom is -0.468 e. The van der Waals surface area contributed by atoms with Crippen LogP contribution < -0.4 is 10.1 Å². The van der Waals surface area contributed by atoms with Crippen LogP contribution in [-0.4, -0.2) is 28.0 Å². The van der Waals surface area contributed by atoms with Crippen LogP contribution in [0.3, 0.4) is 0 Å². The fraction of sp³-hybridized carbons (Fsp3) is 0.385. The second kappa shape index (κ2) is 8.00. The lowest BCUT2D eigenvalue weighted by Crippen LogP contribution is -2.19. The molecule has 0 aliphatic heterocycles. The maximum Gasteiger partial charge on any atom is 0.422 e. The van der Waals surface area contributed by atoms with E-state index in [4.69, 9.17) is 0 Å². The first kappa shape index (κ1) is 18.2. The van der Waals surface area contributed by atoms with E-state index in [0.29, 0.717) is 13.1 Å². The Bertz CT molecular complexity index is 571. The largest absolute Gasteiger partial charge is 0.468 e. The highest BCUT2D eigenvalue weighted by Crippen LogP contribution is 2.17. The summed E-state index contributed by atoms with van der Waals surface area (Å²) in [6.45, 7) is 1.79. The van der Waals surface area contributed by atoms with Crippen molar-refractivity contribution in [2.75, 3.05) is 6.61 Å². The summed E-state index contributed by atoms with van der Waals surface area (Å²) in [5, 5.41) is 9.95. The van der Waals surface area contributed by atoms with Crippen LogP contribution in [0.2, 0.25) is 0 Å². The normalized spacial score (nSPS) is 11.1. The molecule has 2 heterocycles. The molecule has 0 saturated heterocycles. The van der Waals surface area contributed by atoms with Crippen molar-refractivity contribution in [1.82, 2.24) is 20.5 Å². The molecule has 0 radical (unpaired) electrons. The van der Waals surface area contributed by atoms with Crippen molar-refractivity contribution in [3.63, 3.8) is 0 Å². The molecule has 0 unspecified atom stereocenters. The van der Waals surface area contributed by atoms with E-state index in [2.05, 4.69) is 25.2 Å². The van der Waals surface area contributed by atoms with Gasteiger partial charge in [0.2, 0.25) is 5.88 Å². The molecule has 0 aromatic carbocycles. The molecule has 2 aromatic rings. The van der Waals surface area contributed by atoms with Gasteiger partial charge in [0.05, 0.1) is 6.20 Å². The number of ether oxygens (including phenoxy) is 1. The molecule has 122 valence electrons. The van der Waals surface area contributed by atoms with E-state index < -0.39 is 12.8 Å². The van der Waals surface area contributed by atoms with Gasteiger partial charge in [-0.25, -0.2) is 4.98 Å². The second-order valence-electron chi connectivity index (χ2n) is 4.53. The van der Waals surface area contributed by atoms with Crippen LogP contribution in [0.5, 0.6) is 5.88 Å². The Morgan fingerprint density at radius 1 is 1.23 bits per heavy atom. The molecular formula is C13H16ClF3N4O.